The fourth-order valence-electron chi connectivity index (χ4n) is 4.64. The first-order valence-electron chi connectivity index (χ1n) is 12.8. The summed E-state index contributed by atoms with van der Waals surface area (Å²) in [6, 6.07) is 10.6. The van der Waals surface area contributed by atoms with Crippen LogP contribution in [0.3, 0.4) is 0 Å². The van der Waals surface area contributed by atoms with Gasteiger partial charge in [0.2, 0.25) is 11.8 Å². The molecule has 2 aromatic heterocycles. The lowest BCUT2D eigenvalue weighted by Crippen LogP contribution is -2.49. The quantitative estimate of drug-likeness (QED) is 0.287. The molecule has 10 nitrogen and oxygen atoms in total. The summed E-state index contributed by atoms with van der Waals surface area (Å²) in [5, 5.41) is 9.46. The van der Waals surface area contributed by atoms with Gasteiger partial charge in [0.15, 0.2) is 0 Å². The van der Waals surface area contributed by atoms with Gasteiger partial charge in [-0.2, -0.15) is 18.2 Å². The molecular formula is C28H24F3N7O3. The van der Waals surface area contributed by atoms with Gasteiger partial charge in [-0.05, 0) is 62.6 Å². The van der Waals surface area contributed by atoms with Crippen LogP contribution in [-0.4, -0.2) is 33.1 Å². The third kappa shape index (κ3) is 5.30. The number of rotatable bonds is 6. The van der Waals surface area contributed by atoms with Crippen molar-refractivity contribution in [2.24, 2.45) is 0 Å². The number of nitrogens with zero attached hydrogens (tertiary/aromatic N) is 5. The fraction of sp³-hybridized carbons (Fsp3) is 0.250. The van der Waals surface area contributed by atoms with Crippen LogP contribution in [0.5, 0.6) is 0 Å². The second kappa shape index (κ2) is 9.91. The van der Waals surface area contributed by atoms with Crippen molar-refractivity contribution < 1.29 is 27.3 Å². The first-order chi connectivity index (χ1) is 19.6. The van der Waals surface area contributed by atoms with Crippen molar-refractivity contribution in [2.45, 2.75) is 45.5 Å². The number of carbonyl (C=O) groups is 2. The van der Waals surface area contributed by atoms with Crippen molar-refractivity contribution in [3.63, 3.8) is 0 Å². The molecule has 3 heterocycles. The number of alkyl halides is 3. The molecule has 2 aromatic carbocycles. The van der Waals surface area contributed by atoms with Crippen molar-refractivity contribution in [1.29, 1.82) is 0 Å². The van der Waals surface area contributed by atoms with E-state index in [-0.39, 0.29) is 30.1 Å². The van der Waals surface area contributed by atoms with E-state index < -0.39 is 17.6 Å². The number of nitrogens with one attached hydrogen (secondary N) is 2. The Morgan fingerprint density at radius 1 is 1.10 bits per heavy atom. The number of hydrogen-bond donors (Lipinski definition) is 2. The van der Waals surface area contributed by atoms with Crippen LogP contribution in [0.4, 0.5) is 47.0 Å². The van der Waals surface area contributed by atoms with Gasteiger partial charge in [-0.1, -0.05) is 17.3 Å². The predicted molar refractivity (Wildman–Crippen MR) is 144 cm³/mol. The Hall–Kier alpha value is -4.94. The van der Waals surface area contributed by atoms with Gasteiger partial charge in [-0.15, -0.1) is 0 Å². The standard InChI is InChI=1S/C28H24F3N7O3/c1-15-6-7-20(33-25(39)17-4-3-5-19(11-17)28(29,30)31)12-22(15)37-14-18-13-32-26(34-23-10-16(2)36-41-23)35-24(18)38(27(37)40)21-8-9-21/h3-7,10-13,21H,8-9,14H2,1-2H3,(H,33,39)(H,32,34,35). The molecule has 1 fully saturated rings. The highest BCUT2D eigenvalue weighted by molar-refractivity contribution is 6.08. The van der Waals surface area contributed by atoms with E-state index in [0.717, 1.165) is 36.1 Å². The zero-order valence-corrected chi connectivity index (χ0v) is 22.0. The maximum atomic E-state index is 13.8. The molecule has 13 heteroatoms. The Kier molecular flexibility index (Phi) is 6.36. The van der Waals surface area contributed by atoms with E-state index in [4.69, 9.17) is 4.52 Å². The lowest BCUT2D eigenvalue weighted by Gasteiger charge is -2.37. The van der Waals surface area contributed by atoms with Crippen LogP contribution < -0.4 is 20.4 Å². The average Bonchev–Trinajstić information content (AvgIpc) is 3.69. The van der Waals surface area contributed by atoms with Gasteiger partial charge in [-0.25, -0.2) is 9.78 Å². The topological polar surface area (TPSA) is 116 Å². The molecule has 210 valence electrons. The third-order valence-electron chi connectivity index (χ3n) is 6.82. The van der Waals surface area contributed by atoms with Crippen LogP contribution in [0.25, 0.3) is 0 Å². The zero-order chi connectivity index (χ0) is 28.9. The molecule has 0 bridgehead atoms. The van der Waals surface area contributed by atoms with Crippen LogP contribution in [0, 0.1) is 13.8 Å². The minimum Gasteiger partial charge on any atom is -0.338 e. The number of anilines is 5. The summed E-state index contributed by atoms with van der Waals surface area (Å²) < 4.78 is 44.6. The van der Waals surface area contributed by atoms with Gasteiger partial charge in [0.05, 0.1) is 23.5 Å². The van der Waals surface area contributed by atoms with E-state index in [1.54, 1.807) is 47.2 Å². The molecule has 0 unspecified atom stereocenters. The fourth-order valence-corrected chi connectivity index (χ4v) is 4.64. The monoisotopic (exact) mass is 563 g/mol. The van der Waals surface area contributed by atoms with E-state index in [1.807, 2.05) is 6.92 Å². The Labute approximate surface area is 232 Å². The summed E-state index contributed by atoms with van der Waals surface area (Å²) in [6.45, 7) is 3.81. The van der Waals surface area contributed by atoms with Gasteiger partial charge in [0, 0.05) is 35.1 Å². The second-order valence-corrected chi connectivity index (χ2v) is 10.0. The molecule has 0 radical (unpaired) electrons. The van der Waals surface area contributed by atoms with E-state index >= 15 is 0 Å². The maximum Gasteiger partial charge on any atom is 0.416 e. The Balaban J connectivity index is 1.27. The Morgan fingerprint density at radius 2 is 1.90 bits per heavy atom. The lowest BCUT2D eigenvalue weighted by atomic mass is 10.1. The highest BCUT2D eigenvalue weighted by Crippen LogP contribution is 2.40. The minimum atomic E-state index is -4.57. The summed E-state index contributed by atoms with van der Waals surface area (Å²) in [6.07, 6.45) is -1.25. The van der Waals surface area contributed by atoms with Gasteiger partial charge in [-0.3, -0.25) is 19.9 Å². The molecule has 3 amide bonds. The number of fused-ring (bicyclic) bond motifs is 1. The van der Waals surface area contributed by atoms with Crippen molar-refractivity contribution >= 4 is 41.0 Å². The molecule has 6 rings (SSSR count). The van der Waals surface area contributed by atoms with E-state index in [2.05, 4.69) is 25.8 Å². The number of aryl methyl sites for hydroxylation is 2. The molecule has 41 heavy (non-hydrogen) atoms. The predicted octanol–water partition coefficient (Wildman–Crippen LogP) is 6.21. The summed E-state index contributed by atoms with van der Waals surface area (Å²) in [4.78, 5) is 38.9. The molecule has 0 atom stereocenters. The van der Waals surface area contributed by atoms with E-state index in [0.29, 0.717) is 28.8 Å². The van der Waals surface area contributed by atoms with Crippen LogP contribution in [0.2, 0.25) is 0 Å². The van der Waals surface area contributed by atoms with Crippen LogP contribution in [-0.2, 0) is 12.7 Å². The van der Waals surface area contributed by atoms with Gasteiger partial charge >= 0.3 is 12.2 Å². The normalized spacial score (nSPS) is 15.1. The van der Waals surface area contributed by atoms with Crippen LogP contribution in [0.1, 0.15) is 45.6 Å². The first kappa shape index (κ1) is 26.3. The lowest BCUT2D eigenvalue weighted by molar-refractivity contribution is -0.137. The first-order valence-corrected chi connectivity index (χ1v) is 12.8. The van der Waals surface area contributed by atoms with Crippen molar-refractivity contribution in [1.82, 2.24) is 15.1 Å². The summed E-state index contributed by atoms with van der Waals surface area (Å²) in [7, 11) is 0. The molecule has 2 aliphatic rings. The summed E-state index contributed by atoms with van der Waals surface area (Å²) >= 11 is 0. The number of halogens is 3. The van der Waals surface area contributed by atoms with Crippen molar-refractivity contribution in [2.75, 3.05) is 20.4 Å². The van der Waals surface area contributed by atoms with Crippen LogP contribution >= 0.6 is 0 Å². The Morgan fingerprint density at radius 3 is 2.61 bits per heavy atom. The number of aromatic nitrogens is 3. The number of amides is 3. The molecule has 1 aliphatic carbocycles. The van der Waals surface area contributed by atoms with Gasteiger partial charge in [0.1, 0.15) is 5.82 Å². The number of hydrogen-bond acceptors (Lipinski definition) is 7. The largest absolute Gasteiger partial charge is 0.416 e. The maximum absolute atomic E-state index is 13.8. The molecule has 1 saturated carbocycles. The Bertz CT molecular complexity index is 1670. The summed E-state index contributed by atoms with van der Waals surface area (Å²) in [5.74, 6) is 0.455. The molecule has 4 aromatic rings. The third-order valence-corrected chi connectivity index (χ3v) is 6.82. The van der Waals surface area contributed by atoms with Gasteiger partial charge in [0.25, 0.3) is 5.91 Å². The van der Waals surface area contributed by atoms with E-state index in [9.17, 15) is 22.8 Å². The number of carbonyl (C=O) groups excluding carboxylic acids is 2. The highest BCUT2D eigenvalue weighted by Gasteiger charge is 2.42. The van der Waals surface area contributed by atoms with Gasteiger partial charge < -0.3 is 9.84 Å². The molecule has 0 spiro atoms. The molecule has 2 N–H and O–H groups in total. The van der Waals surface area contributed by atoms with Crippen LogP contribution in [0.15, 0.2) is 59.3 Å². The smallest absolute Gasteiger partial charge is 0.338 e. The number of urea groups is 1. The zero-order valence-electron chi connectivity index (χ0n) is 22.0. The SMILES string of the molecule is Cc1cc(Nc2ncc3c(n2)N(C2CC2)C(=O)N(c2cc(NC(=O)c4cccc(C(F)(F)F)c4)ccc2C)C3)on1. The minimum absolute atomic E-state index is 0.0107. The molecule has 0 saturated heterocycles. The number of benzene rings is 2. The highest BCUT2D eigenvalue weighted by atomic mass is 19.4. The molecular weight excluding hydrogens is 539 g/mol. The summed E-state index contributed by atoms with van der Waals surface area (Å²) in [5.41, 5.74) is 2.04. The second-order valence-electron chi connectivity index (χ2n) is 10.0. The van der Waals surface area contributed by atoms with Crippen molar-refractivity contribution in [3.8, 4) is 0 Å². The van der Waals surface area contributed by atoms with Crippen molar-refractivity contribution in [3.05, 3.63) is 82.7 Å². The average molecular weight is 564 g/mol. The van der Waals surface area contributed by atoms with E-state index in [1.165, 1.54) is 12.1 Å². The molecule has 1 aliphatic heterocycles.